The van der Waals surface area contributed by atoms with E-state index in [1.165, 1.54) is 42.1 Å². The highest BCUT2D eigenvalue weighted by molar-refractivity contribution is 7.88. The van der Waals surface area contributed by atoms with Crippen LogP contribution >= 0.6 is 19.3 Å². The molecule has 3 aromatic rings. The molecule has 2 aromatic heterocycles. The number of imidazole rings is 1. The number of hydrogen-bond acceptors (Lipinski definition) is 15. The number of esters is 1. The number of nitrogens with two attached hydrogens (primary N) is 1. The number of nitrogens with one attached hydrogen (secondary N) is 3. The van der Waals surface area contributed by atoms with Crippen LogP contribution in [0.25, 0.3) is 11.2 Å². The minimum atomic E-state index is -4.37. The highest BCUT2D eigenvalue weighted by Gasteiger charge is 2.58. The zero-order valence-electron chi connectivity index (χ0n) is 25.1. The van der Waals surface area contributed by atoms with E-state index in [4.69, 9.17) is 35.9 Å². The van der Waals surface area contributed by atoms with Gasteiger partial charge in [0.05, 0.1) is 25.3 Å². The van der Waals surface area contributed by atoms with Gasteiger partial charge in [-0.05, 0) is 57.9 Å². The van der Waals surface area contributed by atoms with Crippen LogP contribution in [0, 0.1) is 0 Å². The van der Waals surface area contributed by atoms with Gasteiger partial charge in [0.1, 0.15) is 29.1 Å². The number of aliphatic hydroxyl groups excluding tert-OH is 1. The molecular weight excluding hydrogens is 671 g/mol. The molecule has 18 nitrogen and oxygen atoms in total. The number of rotatable bonds is 13. The second kappa shape index (κ2) is 12.5. The Kier molecular flexibility index (Phi) is 9.28. The summed E-state index contributed by atoms with van der Waals surface area (Å²) in [5, 5.41) is 25.6. The molecule has 0 spiro atoms. The molecule has 46 heavy (non-hydrogen) atoms. The van der Waals surface area contributed by atoms with Crippen molar-refractivity contribution in [1.29, 1.82) is 0 Å². The number of fused-ring (bicyclic) bond motifs is 1. The molecule has 3 unspecified atom stereocenters. The highest BCUT2D eigenvalue weighted by atomic mass is 35.5. The van der Waals surface area contributed by atoms with E-state index >= 15 is 0 Å². The van der Waals surface area contributed by atoms with Crippen LogP contribution in [0.5, 0.6) is 5.75 Å². The van der Waals surface area contributed by atoms with Gasteiger partial charge in [-0.25, -0.2) is 18.0 Å². The Labute approximate surface area is 268 Å². The maximum Gasteiger partial charge on any atom is 0.459 e. The maximum absolute atomic E-state index is 14.1. The van der Waals surface area contributed by atoms with Gasteiger partial charge in [-0.3, -0.25) is 19.3 Å². The molecule has 1 saturated carbocycles. The van der Waals surface area contributed by atoms with Gasteiger partial charge in [0.2, 0.25) is 16.0 Å². The molecule has 1 aliphatic carbocycles. The third-order valence-corrected chi connectivity index (χ3v) is 9.45. The fourth-order valence-corrected chi connectivity index (χ4v) is 6.83. The molecule has 2 aliphatic rings. The summed E-state index contributed by atoms with van der Waals surface area (Å²) in [5.41, 5.74) is 5.02. The van der Waals surface area contributed by atoms with E-state index in [1.54, 1.807) is 13.8 Å². The molecule has 5 rings (SSSR count). The van der Waals surface area contributed by atoms with Crippen LogP contribution in [-0.2, 0) is 33.4 Å². The van der Waals surface area contributed by atoms with Crippen molar-refractivity contribution in [1.82, 2.24) is 29.4 Å². The molecule has 2 fully saturated rings. The van der Waals surface area contributed by atoms with Crippen LogP contribution in [0.3, 0.4) is 0 Å². The van der Waals surface area contributed by atoms with Crippen LogP contribution in [0.1, 0.15) is 39.8 Å². The standard InChI is InChI=1S/C25H34ClN8O10PS/c1-13(2)42-22(36)25(9-10-25)32-45(38,44-15-7-5-14(26)6-8-15)41-11-16-18(35)24(3,37)21(43-16)34-12-28-17-19(31-33-46(4,39)40)29-23(27)30-20(17)34/h5-8,12-13,16,18,21,33,35,37H,9-11H2,1-4H3,(H,32,38)(H3,27,29,30,31)/t16?,18-,21?,24-,45?/m1/s1. The molecular formula is C25H34ClN8O10PS. The highest BCUT2D eigenvalue weighted by Crippen LogP contribution is 2.53. The fraction of sp³-hybridized carbons (Fsp3) is 0.520. The van der Waals surface area contributed by atoms with Crippen LogP contribution < -0.4 is 25.6 Å². The summed E-state index contributed by atoms with van der Waals surface area (Å²) < 4.78 is 61.3. The first-order valence-electron chi connectivity index (χ1n) is 13.9. The SMILES string of the molecule is CC(C)OC(=O)C1(NP(=O)(OCC2OC(n3cnc4c(NNS(C)(=O)=O)nc(N)nc43)[C@](C)(O)[C@@H]2O)Oc2ccc(Cl)cc2)CC1. The minimum Gasteiger partial charge on any atom is -0.462 e. The number of carbonyl (C=O) groups excluding carboxylic acids is 1. The van der Waals surface area contributed by atoms with E-state index in [-0.39, 0.29) is 28.7 Å². The number of anilines is 2. The molecule has 0 radical (unpaired) electrons. The van der Waals surface area contributed by atoms with E-state index in [1.807, 2.05) is 0 Å². The van der Waals surface area contributed by atoms with E-state index in [0.717, 1.165) is 6.26 Å². The average Bonchev–Trinajstić information content (AvgIpc) is 3.55. The maximum atomic E-state index is 14.1. The summed E-state index contributed by atoms with van der Waals surface area (Å²) in [5.74, 6) is -0.856. The Bertz CT molecular complexity index is 1770. The number of ether oxygens (including phenoxy) is 2. The van der Waals surface area contributed by atoms with Crippen molar-refractivity contribution in [3.8, 4) is 5.75 Å². The second-order valence-corrected chi connectivity index (χ2v) is 15.3. The van der Waals surface area contributed by atoms with Crippen LogP contribution in [0.4, 0.5) is 11.8 Å². The zero-order chi connectivity index (χ0) is 33.7. The predicted molar refractivity (Wildman–Crippen MR) is 164 cm³/mol. The Morgan fingerprint density at radius 1 is 1.28 bits per heavy atom. The summed E-state index contributed by atoms with van der Waals surface area (Å²) >= 11 is 5.97. The molecule has 3 heterocycles. The summed E-state index contributed by atoms with van der Waals surface area (Å²) in [7, 11) is -8.06. The van der Waals surface area contributed by atoms with Gasteiger partial charge >= 0.3 is 13.7 Å². The summed E-state index contributed by atoms with van der Waals surface area (Å²) in [6, 6.07) is 5.94. The largest absolute Gasteiger partial charge is 0.462 e. The number of hydrogen-bond donors (Lipinski definition) is 6. The lowest BCUT2D eigenvalue weighted by Crippen LogP contribution is -2.45. The second-order valence-electron chi connectivity index (χ2n) is 11.4. The van der Waals surface area contributed by atoms with E-state index in [2.05, 4.69) is 30.3 Å². The number of halogens is 1. The first kappa shape index (κ1) is 34.2. The third kappa shape index (κ3) is 7.37. The number of aliphatic hydroxyl groups is 2. The number of nitrogens with zero attached hydrogens (tertiary/aromatic N) is 4. The molecule has 0 amide bonds. The lowest BCUT2D eigenvalue weighted by atomic mass is 9.96. The molecule has 1 saturated heterocycles. The number of aromatic nitrogens is 4. The third-order valence-electron chi connectivity index (χ3n) is 7.08. The first-order chi connectivity index (χ1) is 21.4. The van der Waals surface area contributed by atoms with E-state index in [0.29, 0.717) is 17.9 Å². The van der Waals surface area contributed by atoms with Crippen molar-refractivity contribution in [3.63, 3.8) is 0 Å². The van der Waals surface area contributed by atoms with Gasteiger partial charge in [-0.15, -0.1) is 4.83 Å². The van der Waals surface area contributed by atoms with Gasteiger partial charge in [0, 0.05) is 5.02 Å². The van der Waals surface area contributed by atoms with Crippen LogP contribution in [-0.4, -0.2) is 86.4 Å². The normalized spacial score (nSPS) is 25.3. The quantitative estimate of drug-likeness (QED) is 0.0831. The minimum absolute atomic E-state index is 0.0297. The van der Waals surface area contributed by atoms with Crippen molar-refractivity contribution in [2.75, 3.05) is 24.0 Å². The molecule has 5 atom stereocenters. The average molecular weight is 705 g/mol. The fourth-order valence-electron chi connectivity index (χ4n) is 4.67. The lowest BCUT2D eigenvalue weighted by Gasteiger charge is -2.27. The van der Waals surface area contributed by atoms with Crippen molar-refractivity contribution in [2.24, 2.45) is 0 Å². The Morgan fingerprint density at radius 2 is 1.96 bits per heavy atom. The van der Waals surface area contributed by atoms with Crippen LogP contribution in [0.15, 0.2) is 30.6 Å². The van der Waals surface area contributed by atoms with Crippen molar-refractivity contribution >= 4 is 58.3 Å². The summed E-state index contributed by atoms with van der Waals surface area (Å²) in [4.78, 5) is 27.2. The number of hydrazine groups is 1. The number of sulfonamides is 1. The molecule has 0 bridgehead atoms. The monoisotopic (exact) mass is 704 g/mol. The lowest BCUT2D eigenvalue weighted by molar-refractivity contribution is -0.150. The Morgan fingerprint density at radius 3 is 2.57 bits per heavy atom. The number of carbonyl (C=O) groups is 1. The van der Waals surface area contributed by atoms with Crippen molar-refractivity contribution in [3.05, 3.63) is 35.6 Å². The molecule has 1 aromatic carbocycles. The molecule has 1 aliphatic heterocycles. The van der Waals surface area contributed by atoms with Gasteiger partial charge in [0.15, 0.2) is 23.2 Å². The zero-order valence-corrected chi connectivity index (χ0v) is 27.5. The van der Waals surface area contributed by atoms with Crippen LogP contribution in [0.2, 0.25) is 5.02 Å². The van der Waals surface area contributed by atoms with Crippen molar-refractivity contribution in [2.45, 2.75) is 69.3 Å². The topological polar surface area (TPSA) is 251 Å². The smallest absolute Gasteiger partial charge is 0.459 e. The van der Waals surface area contributed by atoms with Gasteiger partial charge in [-0.2, -0.15) is 15.1 Å². The Hall–Kier alpha value is -3.13. The van der Waals surface area contributed by atoms with E-state index < -0.39 is 66.0 Å². The molecule has 21 heteroatoms. The van der Waals surface area contributed by atoms with Crippen molar-refractivity contribution < 1.29 is 46.5 Å². The number of benzene rings is 1. The summed E-state index contributed by atoms with van der Waals surface area (Å²) in [6.07, 6.45) is -1.89. The van der Waals surface area contributed by atoms with Gasteiger partial charge in [0.25, 0.3) is 0 Å². The summed E-state index contributed by atoms with van der Waals surface area (Å²) in [6.45, 7) is 4.09. The number of nitrogen functional groups attached to an aromatic ring is 1. The molecule has 7 N–H and O–H groups in total. The Balaban J connectivity index is 1.39. The predicted octanol–water partition coefficient (Wildman–Crippen LogP) is 1.22. The molecule has 252 valence electrons. The van der Waals surface area contributed by atoms with E-state index in [9.17, 15) is 28.0 Å². The first-order valence-corrected chi connectivity index (χ1v) is 17.7. The van der Waals surface area contributed by atoms with Gasteiger partial charge in [-0.1, -0.05) is 11.6 Å². The van der Waals surface area contributed by atoms with Gasteiger partial charge < -0.3 is 29.9 Å².